The van der Waals surface area contributed by atoms with Crippen molar-refractivity contribution in [3.8, 4) is 11.5 Å². The lowest BCUT2D eigenvalue weighted by Crippen LogP contribution is -2.55. The van der Waals surface area contributed by atoms with Crippen LogP contribution in [0.5, 0.6) is 11.5 Å². The quantitative estimate of drug-likeness (QED) is 0.572. The van der Waals surface area contributed by atoms with E-state index in [0.29, 0.717) is 12.1 Å². The molecule has 0 aromatic heterocycles. The maximum Gasteiger partial charge on any atom is 0.143 e. The van der Waals surface area contributed by atoms with Crippen LogP contribution < -0.4 is 29.9 Å². The molecule has 0 spiro atoms. The minimum absolute atomic E-state index is 0.179. The monoisotopic (exact) mass is 492 g/mol. The number of hydrogen-bond donors (Lipinski definition) is 2. The molecule has 4 aliphatic rings. The smallest absolute Gasteiger partial charge is 0.143 e. The summed E-state index contributed by atoms with van der Waals surface area (Å²) in [6, 6.07) is 14.4. The zero-order valence-corrected chi connectivity index (χ0v) is 23.0. The lowest BCUT2D eigenvalue weighted by molar-refractivity contribution is 0.246. The van der Waals surface area contributed by atoms with Crippen LogP contribution in [0.1, 0.15) is 52.7 Å². The standard InChI is InChI=1S/2C15H22N2O/c2*1-15(2,3)11-4-5-13-14(8-11)18-10-12-9-16-6-7-17(12)13/h2*4-5,8,12,16H,6-7,9-10H2,1-3H3/t2*12-/m10/s1. The van der Waals surface area contributed by atoms with Gasteiger partial charge in [-0.15, -0.1) is 0 Å². The number of fused-ring (bicyclic) bond motifs is 6. The summed E-state index contributed by atoms with van der Waals surface area (Å²) in [7, 11) is 0. The first-order valence-corrected chi connectivity index (χ1v) is 13.6. The van der Waals surface area contributed by atoms with E-state index in [9.17, 15) is 0 Å². The maximum atomic E-state index is 5.95. The van der Waals surface area contributed by atoms with Crippen molar-refractivity contribution in [2.24, 2.45) is 0 Å². The van der Waals surface area contributed by atoms with Crippen LogP contribution in [-0.4, -0.2) is 64.6 Å². The molecule has 0 radical (unpaired) electrons. The fourth-order valence-electron chi connectivity index (χ4n) is 5.49. The number of rotatable bonds is 0. The van der Waals surface area contributed by atoms with Gasteiger partial charge in [-0.3, -0.25) is 0 Å². The lowest BCUT2D eigenvalue weighted by Gasteiger charge is -2.42. The number of ether oxygens (including phenoxy) is 2. The third kappa shape index (κ3) is 5.16. The molecule has 196 valence electrons. The summed E-state index contributed by atoms with van der Waals surface area (Å²) in [5.74, 6) is 2.11. The van der Waals surface area contributed by atoms with Crippen molar-refractivity contribution < 1.29 is 9.47 Å². The summed E-state index contributed by atoms with van der Waals surface area (Å²) in [6.07, 6.45) is 0. The van der Waals surface area contributed by atoms with Gasteiger partial charge in [0, 0.05) is 39.3 Å². The van der Waals surface area contributed by atoms with Gasteiger partial charge in [-0.2, -0.15) is 0 Å². The van der Waals surface area contributed by atoms with Crippen molar-refractivity contribution >= 4 is 11.4 Å². The normalized spacial score (nSPS) is 23.1. The van der Waals surface area contributed by atoms with Crippen molar-refractivity contribution in [3.63, 3.8) is 0 Å². The molecule has 0 bridgehead atoms. The summed E-state index contributed by atoms with van der Waals surface area (Å²) >= 11 is 0. The predicted molar refractivity (Wildman–Crippen MR) is 149 cm³/mol. The van der Waals surface area contributed by atoms with Crippen LogP contribution in [0, 0.1) is 0 Å². The summed E-state index contributed by atoms with van der Waals surface area (Å²) < 4.78 is 11.9. The number of anilines is 2. The molecule has 2 N–H and O–H groups in total. The van der Waals surface area contributed by atoms with Gasteiger partial charge in [-0.1, -0.05) is 53.7 Å². The van der Waals surface area contributed by atoms with Crippen molar-refractivity contribution in [1.29, 1.82) is 0 Å². The topological polar surface area (TPSA) is 49.0 Å². The van der Waals surface area contributed by atoms with E-state index < -0.39 is 0 Å². The minimum Gasteiger partial charge on any atom is -0.489 e. The van der Waals surface area contributed by atoms with Crippen LogP contribution in [0.25, 0.3) is 0 Å². The van der Waals surface area contributed by atoms with Crippen LogP contribution in [0.2, 0.25) is 0 Å². The number of benzene rings is 2. The second kappa shape index (κ2) is 9.79. The molecule has 2 aromatic rings. The highest BCUT2D eigenvalue weighted by Crippen LogP contribution is 2.39. The Balaban J connectivity index is 0.000000148. The molecule has 0 aliphatic carbocycles. The third-order valence-corrected chi connectivity index (χ3v) is 7.83. The molecule has 6 nitrogen and oxygen atoms in total. The number of hydrogen-bond acceptors (Lipinski definition) is 6. The second-order valence-corrected chi connectivity index (χ2v) is 12.6. The Labute approximate surface area is 217 Å². The Kier molecular flexibility index (Phi) is 6.86. The molecule has 4 aliphatic heterocycles. The Hall–Kier alpha value is -2.44. The highest BCUT2D eigenvalue weighted by molar-refractivity contribution is 5.64. The van der Waals surface area contributed by atoms with Gasteiger partial charge in [-0.05, 0) is 46.2 Å². The first-order valence-electron chi connectivity index (χ1n) is 13.6. The minimum atomic E-state index is 0.179. The van der Waals surface area contributed by atoms with Crippen LogP contribution in [0.15, 0.2) is 36.4 Å². The Morgan fingerprint density at radius 1 is 0.667 bits per heavy atom. The van der Waals surface area contributed by atoms with E-state index in [-0.39, 0.29) is 10.8 Å². The third-order valence-electron chi connectivity index (χ3n) is 7.83. The van der Waals surface area contributed by atoms with Gasteiger partial charge >= 0.3 is 0 Å². The average molecular weight is 493 g/mol. The van der Waals surface area contributed by atoms with Crippen LogP contribution in [-0.2, 0) is 10.8 Å². The highest BCUT2D eigenvalue weighted by Gasteiger charge is 2.31. The van der Waals surface area contributed by atoms with E-state index in [1.165, 1.54) is 22.5 Å². The van der Waals surface area contributed by atoms with Crippen LogP contribution >= 0.6 is 0 Å². The van der Waals surface area contributed by atoms with Gasteiger partial charge in [0.05, 0.1) is 23.5 Å². The van der Waals surface area contributed by atoms with E-state index in [2.05, 4.69) is 98.4 Å². The predicted octanol–water partition coefficient (Wildman–Crippen LogP) is 4.31. The highest BCUT2D eigenvalue weighted by atomic mass is 16.5. The van der Waals surface area contributed by atoms with Crippen molar-refractivity contribution in [2.75, 3.05) is 62.3 Å². The molecule has 36 heavy (non-hydrogen) atoms. The van der Waals surface area contributed by atoms with Gasteiger partial charge in [0.15, 0.2) is 0 Å². The number of nitrogens with zero attached hydrogens (tertiary/aromatic N) is 2. The average Bonchev–Trinajstić information content (AvgIpc) is 2.87. The van der Waals surface area contributed by atoms with Gasteiger partial charge in [0.25, 0.3) is 0 Å². The van der Waals surface area contributed by atoms with E-state index in [1.807, 2.05) is 0 Å². The van der Waals surface area contributed by atoms with Gasteiger partial charge in [0.1, 0.15) is 24.7 Å². The lowest BCUT2D eigenvalue weighted by atomic mass is 9.86. The molecule has 4 heterocycles. The molecule has 0 unspecified atom stereocenters. The Morgan fingerprint density at radius 2 is 1.08 bits per heavy atom. The molecule has 2 fully saturated rings. The van der Waals surface area contributed by atoms with Crippen LogP contribution in [0.4, 0.5) is 11.4 Å². The number of nitrogens with one attached hydrogen (secondary N) is 2. The molecule has 2 atom stereocenters. The van der Waals surface area contributed by atoms with Gasteiger partial charge < -0.3 is 29.9 Å². The first kappa shape index (κ1) is 25.2. The maximum absolute atomic E-state index is 5.95. The molecule has 0 saturated carbocycles. The van der Waals surface area contributed by atoms with E-state index >= 15 is 0 Å². The van der Waals surface area contributed by atoms with E-state index in [1.54, 1.807) is 0 Å². The zero-order valence-electron chi connectivity index (χ0n) is 23.0. The SMILES string of the molecule is CC(C)(C)c1ccc2c(c1)OC[C@@H]1CNCCN21.CC(C)(C)c1ccc2c(c1)OC[C@H]1CNCCN21. The summed E-state index contributed by atoms with van der Waals surface area (Å²) in [6.45, 7) is 21.4. The van der Waals surface area contributed by atoms with Crippen LogP contribution in [0.3, 0.4) is 0 Å². The fourth-order valence-corrected chi connectivity index (χ4v) is 5.49. The van der Waals surface area contributed by atoms with Gasteiger partial charge in [-0.25, -0.2) is 0 Å². The van der Waals surface area contributed by atoms with Gasteiger partial charge in [0.2, 0.25) is 0 Å². The number of piperazine rings is 2. The summed E-state index contributed by atoms with van der Waals surface area (Å²) in [5, 5.41) is 6.86. The van der Waals surface area contributed by atoms with Crippen molar-refractivity contribution in [2.45, 2.75) is 64.5 Å². The Morgan fingerprint density at radius 3 is 1.47 bits per heavy atom. The fraction of sp³-hybridized carbons (Fsp3) is 0.600. The van der Waals surface area contributed by atoms with E-state index in [0.717, 1.165) is 64.0 Å². The second-order valence-electron chi connectivity index (χ2n) is 12.6. The molecular weight excluding hydrogens is 448 g/mol. The molecule has 6 heteroatoms. The molecule has 6 rings (SSSR count). The van der Waals surface area contributed by atoms with Crippen molar-refractivity contribution in [1.82, 2.24) is 10.6 Å². The summed E-state index contributed by atoms with van der Waals surface area (Å²) in [4.78, 5) is 4.98. The Bertz CT molecular complexity index is 986. The largest absolute Gasteiger partial charge is 0.489 e. The van der Waals surface area contributed by atoms with E-state index in [4.69, 9.17) is 9.47 Å². The zero-order chi connectivity index (χ0) is 25.5. The molecular formula is C30H44N4O2. The summed E-state index contributed by atoms with van der Waals surface area (Å²) in [5.41, 5.74) is 5.57. The molecule has 0 amide bonds. The molecule has 2 aromatic carbocycles. The molecule has 2 saturated heterocycles. The van der Waals surface area contributed by atoms with Crippen molar-refractivity contribution in [3.05, 3.63) is 47.5 Å². The first-order chi connectivity index (χ1) is 17.1.